The van der Waals surface area contributed by atoms with Crippen LogP contribution in [0.15, 0.2) is 48.5 Å². The number of piperidine rings is 1. The molecule has 2 aromatic carbocycles. The standard InChI is InChI=1S/C22H23N3O3S/c26-20(24-21-23-18-3-1-2-4-19(18)29-21)17-7-5-16(6-8-17)15-25-11-9-22(10-12-25)27-13-14-28-22/h1-8H,9-15H2,(H,23,24,26). The van der Waals surface area contributed by atoms with Gasteiger partial charge >= 0.3 is 0 Å². The fourth-order valence-electron chi connectivity index (χ4n) is 3.95. The highest BCUT2D eigenvalue weighted by atomic mass is 32.1. The van der Waals surface area contributed by atoms with Crippen molar-refractivity contribution in [1.82, 2.24) is 9.88 Å². The third-order valence-corrected chi connectivity index (χ3v) is 6.52. The maximum absolute atomic E-state index is 12.6. The highest BCUT2D eigenvalue weighted by Gasteiger charge is 2.39. The first-order chi connectivity index (χ1) is 14.2. The number of hydrogen-bond acceptors (Lipinski definition) is 6. The van der Waals surface area contributed by atoms with E-state index in [-0.39, 0.29) is 11.7 Å². The minimum atomic E-state index is -0.334. The summed E-state index contributed by atoms with van der Waals surface area (Å²) < 4.78 is 12.6. The van der Waals surface area contributed by atoms with Crippen molar-refractivity contribution in [3.8, 4) is 0 Å². The number of nitrogens with one attached hydrogen (secondary N) is 1. The predicted molar refractivity (Wildman–Crippen MR) is 113 cm³/mol. The lowest BCUT2D eigenvalue weighted by Crippen LogP contribution is -2.44. The number of amides is 1. The molecule has 0 atom stereocenters. The number of rotatable bonds is 4. The second-order valence-electron chi connectivity index (χ2n) is 7.52. The van der Waals surface area contributed by atoms with Crippen molar-refractivity contribution >= 4 is 32.6 Å². The largest absolute Gasteiger partial charge is 0.347 e. The minimum absolute atomic E-state index is 0.133. The SMILES string of the molecule is O=C(Nc1nc2ccccc2s1)c1ccc(CN2CCC3(CC2)OCCO3)cc1. The first-order valence-corrected chi connectivity index (χ1v) is 10.8. The molecular weight excluding hydrogens is 386 g/mol. The summed E-state index contributed by atoms with van der Waals surface area (Å²) in [6, 6.07) is 15.7. The lowest BCUT2D eigenvalue weighted by atomic mass is 10.0. The summed E-state index contributed by atoms with van der Waals surface area (Å²) in [6.07, 6.45) is 1.82. The molecule has 7 heteroatoms. The Morgan fingerprint density at radius 1 is 1.07 bits per heavy atom. The molecule has 0 saturated carbocycles. The van der Waals surface area contributed by atoms with Crippen LogP contribution in [0.3, 0.4) is 0 Å². The van der Waals surface area contributed by atoms with Crippen LogP contribution in [0.1, 0.15) is 28.8 Å². The number of benzene rings is 2. The molecule has 6 nitrogen and oxygen atoms in total. The highest BCUT2D eigenvalue weighted by Crippen LogP contribution is 2.31. The number of aromatic nitrogens is 1. The van der Waals surface area contributed by atoms with Crippen LogP contribution in [0.5, 0.6) is 0 Å². The average Bonchev–Trinajstić information content (AvgIpc) is 3.37. The normalized spacial score (nSPS) is 19.0. The molecular formula is C22H23N3O3S. The minimum Gasteiger partial charge on any atom is -0.347 e. The van der Waals surface area contributed by atoms with Gasteiger partial charge in [-0.3, -0.25) is 15.0 Å². The number of hydrogen-bond donors (Lipinski definition) is 1. The number of anilines is 1. The summed E-state index contributed by atoms with van der Waals surface area (Å²) >= 11 is 1.48. The van der Waals surface area contributed by atoms with E-state index in [1.807, 2.05) is 48.5 Å². The van der Waals surface area contributed by atoms with E-state index < -0.39 is 0 Å². The Morgan fingerprint density at radius 3 is 2.52 bits per heavy atom. The molecule has 2 aliphatic heterocycles. The van der Waals surface area contributed by atoms with Crippen molar-refractivity contribution in [1.29, 1.82) is 0 Å². The van der Waals surface area contributed by atoms with E-state index in [0.717, 1.165) is 42.7 Å². The number of likely N-dealkylation sites (tertiary alicyclic amines) is 1. The summed E-state index contributed by atoms with van der Waals surface area (Å²) in [5.74, 6) is -0.468. The van der Waals surface area contributed by atoms with Gasteiger partial charge in [0.05, 0.1) is 23.4 Å². The van der Waals surface area contributed by atoms with Crippen LogP contribution < -0.4 is 5.32 Å². The number of carbonyl (C=O) groups excluding carboxylic acids is 1. The van der Waals surface area contributed by atoms with Crippen LogP contribution in [0.2, 0.25) is 0 Å². The van der Waals surface area contributed by atoms with Gasteiger partial charge in [0, 0.05) is 38.0 Å². The van der Waals surface area contributed by atoms with Crippen LogP contribution in [0.4, 0.5) is 5.13 Å². The van der Waals surface area contributed by atoms with Gasteiger partial charge in [-0.15, -0.1) is 0 Å². The summed E-state index contributed by atoms with van der Waals surface area (Å²) in [7, 11) is 0. The molecule has 3 aromatic rings. The van der Waals surface area contributed by atoms with Gasteiger partial charge in [0.1, 0.15) is 0 Å². The fourth-order valence-corrected chi connectivity index (χ4v) is 4.81. The zero-order valence-corrected chi connectivity index (χ0v) is 16.9. The van der Waals surface area contributed by atoms with Crippen LogP contribution in [0, 0.1) is 0 Å². The second-order valence-corrected chi connectivity index (χ2v) is 8.55. The molecule has 3 heterocycles. The lowest BCUT2D eigenvalue weighted by Gasteiger charge is -2.37. The molecule has 2 aliphatic rings. The van der Waals surface area contributed by atoms with E-state index in [0.29, 0.717) is 23.9 Å². The molecule has 2 saturated heterocycles. The van der Waals surface area contributed by atoms with E-state index in [2.05, 4.69) is 15.2 Å². The first-order valence-electron chi connectivity index (χ1n) is 9.95. The molecule has 0 bridgehead atoms. The summed E-state index contributed by atoms with van der Waals surface area (Å²) in [4.78, 5) is 19.4. The molecule has 1 N–H and O–H groups in total. The summed E-state index contributed by atoms with van der Waals surface area (Å²) in [5, 5.41) is 3.53. The Hall–Kier alpha value is -2.32. The summed E-state index contributed by atoms with van der Waals surface area (Å²) in [6.45, 7) is 4.20. The molecule has 1 spiro atoms. The zero-order chi connectivity index (χ0) is 19.7. The van der Waals surface area contributed by atoms with Crippen molar-refractivity contribution in [3.63, 3.8) is 0 Å². The lowest BCUT2D eigenvalue weighted by molar-refractivity contribution is -0.185. The van der Waals surface area contributed by atoms with Gasteiger partial charge in [0.2, 0.25) is 0 Å². The number of nitrogens with zero attached hydrogens (tertiary/aromatic N) is 2. The first kappa shape index (κ1) is 18.7. The molecule has 0 aliphatic carbocycles. The van der Waals surface area contributed by atoms with Gasteiger partial charge in [-0.2, -0.15) is 0 Å². The van der Waals surface area contributed by atoms with E-state index >= 15 is 0 Å². The number of para-hydroxylation sites is 1. The van der Waals surface area contributed by atoms with Crippen molar-refractivity contribution < 1.29 is 14.3 Å². The quantitative estimate of drug-likeness (QED) is 0.708. The number of fused-ring (bicyclic) bond motifs is 1. The highest BCUT2D eigenvalue weighted by molar-refractivity contribution is 7.22. The van der Waals surface area contributed by atoms with E-state index in [1.54, 1.807) is 0 Å². The van der Waals surface area contributed by atoms with Crippen molar-refractivity contribution in [2.24, 2.45) is 0 Å². The van der Waals surface area contributed by atoms with Gasteiger partial charge in [-0.05, 0) is 29.8 Å². The van der Waals surface area contributed by atoms with E-state index in [1.165, 1.54) is 16.9 Å². The van der Waals surface area contributed by atoms with Gasteiger partial charge in [0.25, 0.3) is 5.91 Å². The van der Waals surface area contributed by atoms with Gasteiger partial charge in [-0.25, -0.2) is 4.98 Å². The van der Waals surface area contributed by atoms with Gasteiger partial charge in [0.15, 0.2) is 10.9 Å². The smallest absolute Gasteiger partial charge is 0.257 e. The number of ether oxygens (including phenoxy) is 2. The predicted octanol–water partition coefficient (Wildman–Crippen LogP) is 3.89. The molecule has 0 radical (unpaired) electrons. The monoisotopic (exact) mass is 409 g/mol. The maximum atomic E-state index is 12.6. The van der Waals surface area contributed by atoms with Crippen LogP contribution in [-0.4, -0.2) is 47.9 Å². The molecule has 1 amide bonds. The van der Waals surface area contributed by atoms with Crippen LogP contribution in [0.25, 0.3) is 10.2 Å². The molecule has 2 fully saturated rings. The summed E-state index contributed by atoms with van der Waals surface area (Å²) in [5.41, 5.74) is 2.74. The maximum Gasteiger partial charge on any atom is 0.257 e. The number of carbonyl (C=O) groups is 1. The van der Waals surface area contributed by atoms with E-state index in [9.17, 15) is 4.79 Å². The molecule has 1 aromatic heterocycles. The average molecular weight is 410 g/mol. The third-order valence-electron chi connectivity index (χ3n) is 5.57. The van der Waals surface area contributed by atoms with Crippen molar-refractivity contribution in [3.05, 3.63) is 59.7 Å². The van der Waals surface area contributed by atoms with Crippen molar-refractivity contribution in [2.45, 2.75) is 25.2 Å². The molecule has 150 valence electrons. The topological polar surface area (TPSA) is 63.7 Å². The van der Waals surface area contributed by atoms with Crippen LogP contribution >= 0.6 is 11.3 Å². The van der Waals surface area contributed by atoms with Crippen LogP contribution in [-0.2, 0) is 16.0 Å². The van der Waals surface area contributed by atoms with Crippen molar-refractivity contribution in [2.75, 3.05) is 31.6 Å². The third kappa shape index (κ3) is 4.04. The Labute approximate surface area is 173 Å². The molecule has 0 unspecified atom stereocenters. The Morgan fingerprint density at radius 2 is 1.79 bits per heavy atom. The fraction of sp³-hybridized carbons (Fsp3) is 0.364. The van der Waals surface area contributed by atoms with Gasteiger partial charge in [-0.1, -0.05) is 35.6 Å². The second kappa shape index (κ2) is 7.84. The zero-order valence-electron chi connectivity index (χ0n) is 16.1. The van der Waals surface area contributed by atoms with E-state index in [4.69, 9.17) is 9.47 Å². The molecule has 29 heavy (non-hydrogen) atoms. The molecule has 5 rings (SSSR count). The Balaban J connectivity index is 1.18. The Kier molecular flexibility index (Phi) is 5.05. The van der Waals surface area contributed by atoms with Gasteiger partial charge < -0.3 is 9.47 Å². The number of thiazole rings is 1. The Bertz CT molecular complexity index is 969.